The molecule has 0 aliphatic carbocycles. The van der Waals surface area contributed by atoms with Gasteiger partial charge in [-0.2, -0.15) is 0 Å². The summed E-state index contributed by atoms with van der Waals surface area (Å²) in [6.45, 7) is 0. The normalized spacial score (nSPS) is 11.6. The van der Waals surface area contributed by atoms with Crippen LogP contribution >= 0.6 is 0 Å². The van der Waals surface area contributed by atoms with Gasteiger partial charge >= 0.3 is 0 Å². The molecule has 0 aliphatic heterocycles. The Kier molecular flexibility index (Phi) is 2.82. The molecule has 0 saturated heterocycles. The molecule has 6 heteroatoms. The summed E-state index contributed by atoms with van der Waals surface area (Å²) in [6.07, 6.45) is 5.77. The molecule has 0 aliphatic rings. The molecule has 0 bridgehead atoms. The molecule has 0 spiro atoms. The van der Waals surface area contributed by atoms with Crippen molar-refractivity contribution in [1.82, 2.24) is 24.3 Å². The first kappa shape index (κ1) is 14.0. The van der Waals surface area contributed by atoms with Crippen LogP contribution in [-0.2, 0) is 14.1 Å². The highest BCUT2D eigenvalue weighted by Gasteiger charge is 2.18. The number of benzene rings is 1. The van der Waals surface area contributed by atoms with Crippen LogP contribution < -0.4 is 0 Å². The van der Waals surface area contributed by atoms with Gasteiger partial charge in [-0.25, -0.2) is 4.98 Å². The number of aromatic nitrogens is 5. The largest absolute Gasteiger partial charge is 0.416 e. The Labute approximate surface area is 143 Å². The van der Waals surface area contributed by atoms with Crippen LogP contribution in [0.1, 0.15) is 0 Å². The average molecular weight is 329 g/mol. The summed E-state index contributed by atoms with van der Waals surface area (Å²) in [7, 11) is 3.97. The molecule has 4 aromatic heterocycles. The number of aryl methyl sites for hydroxylation is 2. The van der Waals surface area contributed by atoms with Crippen molar-refractivity contribution in [3.8, 4) is 22.9 Å². The van der Waals surface area contributed by atoms with Crippen molar-refractivity contribution in [3.63, 3.8) is 0 Å². The first-order valence-corrected chi connectivity index (χ1v) is 8.01. The Balaban J connectivity index is 1.68. The van der Waals surface area contributed by atoms with E-state index in [0.29, 0.717) is 11.8 Å². The van der Waals surface area contributed by atoms with Crippen molar-refractivity contribution in [2.45, 2.75) is 0 Å². The molecule has 0 amide bonds. The molecule has 4 heterocycles. The SMILES string of the molecule is Cn1cc(-c2nnc(-c3cn(C)c4ncccc34)o2)c2ccccc21. The number of para-hydroxylation sites is 1. The Morgan fingerprint density at radius 1 is 0.800 bits per heavy atom. The third kappa shape index (κ3) is 2.00. The maximum Gasteiger partial charge on any atom is 0.250 e. The molecule has 25 heavy (non-hydrogen) atoms. The average Bonchev–Trinajstić information content (AvgIpc) is 3.33. The Morgan fingerprint density at radius 2 is 1.48 bits per heavy atom. The highest BCUT2D eigenvalue weighted by molar-refractivity contribution is 5.95. The molecule has 0 atom stereocenters. The number of rotatable bonds is 2. The van der Waals surface area contributed by atoms with Gasteiger partial charge in [-0.05, 0) is 18.2 Å². The lowest BCUT2D eigenvalue weighted by Gasteiger charge is -1.93. The lowest BCUT2D eigenvalue weighted by Crippen LogP contribution is -1.85. The van der Waals surface area contributed by atoms with Crippen LogP contribution in [0.15, 0.2) is 59.4 Å². The van der Waals surface area contributed by atoms with E-state index < -0.39 is 0 Å². The van der Waals surface area contributed by atoms with Gasteiger partial charge in [-0.15, -0.1) is 10.2 Å². The quantitative estimate of drug-likeness (QED) is 0.494. The summed E-state index contributed by atoms with van der Waals surface area (Å²) in [6, 6.07) is 12.1. The minimum Gasteiger partial charge on any atom is -0.416 e. The molecule has 5 rings (SSSR count). The van der Waals surface area contributed by atoms with E-state index in [0.717, 1.165) is 33.1 Å². The van der Waals surface area contributed by atoms with Crippen molar-refractivity contribution in [1.29, 1.82) is 0 Å². The molecule has 0 saturated carbocycles. The zero-order chi connectivity index (χ0) is 17.0. The monoisotopic (exact) mass is 329 g/mol. The van der Waals surface area contributed by atoms with Crippen LogP contribution in [0, 0.1) is 0 Å². The minimum absolute atomic E-state index is 0.501. The van der Waals surface area contributed by atoms with Crippen LogP contribution in [0.2, 0.25) is 0 Å². The molecule has 0 N–H and O–H groups in total. The van der Waals surface area contributed by atoms with Gasteiger partial charge in [0.2, 0.25) is 11.8 Å². The topological polar surface area (TPSA) is 61.7 Å². The maximum atomic E-state index is 6.02. The van der Waals surface area contributed by atoms with E-state index in [9.17, 15) is 0 Å². The van der Waals surface area contributed by atoms with Gasteiger partial charge in [0, 0.05) is 49.0 Å². The van der Waals surface area contributed by atoms with Gasteiger partial charge < -0.3 is 13.6 Å². The first-order valence-electron chi connectivity index (χ1n) is 8.01. The van der Waals surface area contributed by atoms with Gasteiger partial charge in [-0.3, -0.25) is 0 Å². The third-order valence-corrected chi connectivity index (χ3v) is 4.52. The molecule has 122 valence electrons. The van der Waals surface area contributed by atoms with Crippen molar-refractivity contribution < 1.29 is 4.42 Å². The van der Waals surface area contributed by atoms with Crippen LogP contribution in [0.25, 0.3) is 44.8 Å². The number of nitrogens with zero attached hydrogens (tertiary/aromatic N) is 5. The van der Waals surface area contributed by atoms with Crippen molar-refractivity contribution in [2.24, 2.45) is 14.1 Å². The second kappa shape index (κ2) is 5.04. The minimum atomic E-state index is 0.501. The Bertz CT molecular complexity index is 1130. The van der Waals surface area contributed by atoms with E-state index in [1.54, 1.807) is 6.20 Å². The van der Waals surface area contributed by atoms with Crippen molar-refractivity contribution in [3.05, 3.63) is 55.0 Å². The van der Waals surface area contributed by atoms with Crippen molar-refractivity contribution >= 4 is 21.9 Å². The second-order valence-electron chi connectivity index (χ2n) is 6.11. The molecule has 0 unspecified atom stereocenters. The maximum absolute atomic E-state index is 6.02. The summed E-state index contributed by atoms with van der Waals surface area (Å²) >= 11 is 0. The fourth-order valence-corrected chi connectivity index (χ4v) is 3.34. The van der Waals surface area contributed by atoms with Crippen LogP contribution in [0.3, 0.4) is 0 Å². The fraction of sp³-hybridized carbons (Fsp3) is 0.105. The van der Waals surface area contributed by atoms with Gasteiger partial charge in [0.15, 0.2) is 0 Å². The van der Waals surface area contributed by atoms with Gasteiger partial charge in [0.1, 0.15) is 5.65 Å². The number of hydrogen-bond acceptors (Lipinski definition) is 4. The summed E-state index contributed by atoms with van der Waals surface area (Å²) < 4.78 is 10.1. The smallest absolute Gasteiger partial charge is 0.250 e. The molecule has 5 aromatic rings. The van der Waals surface area contributed by atoms with Gasteiger partial charge in [0.05, 0.1) is 11.1 Å². The predicted molar refractivity (Wildman–Crippen MR) is 95.9 cm³/mol. The van der Waals surface area contributed by atoms with E-state index in [4.69, 9.17) is 4.42 Å². The standard InChI is InChI=1S/C19H15N5O/c1-23-10-14(12-6-3-4-8-16(12)23)18-21-22-19(25-18)15-11-24(2)17-13(15)7-5-9-20-17/h3-11H,1-2H3. The third-order valence-electron chi connectivity index (χ3n) is 4.52. The van der Waals surface area contributed by atoms with Crippen LogP contribution in [0.5, 0.6) is 0 Å². The van der Waals surface area contributed by atoms with Gasteiger partial charge in [0.25, 0.3) is 0 Å². The molecular weight excluding hydrogens is 314 g/mol. The second-order valence-corrected chi connectivity index (χ2v) is 6.11. The molecular formula is C19H15N5O. The summed E-state index contributed by atoms with van der Waals surface area (Å²) in [4.78, 5) is 4.41. The highest BCUT2D eigenvalue weighted by atomic mass is 16.4. The van der Waals surface area contributed by atoms with Gasteiger partial charge in [-0.1, -0.05) is 18.2 Å². The zero-order valence-corrected chi connectivity index (χ0v) is 13.8. The zero-order valence-electron chi connectivity index (χ0n) is 13.8. The molecule has 0 radical (unpaired) electrons. The number of hydrogen-bond donors (Lipinski definition) is 0. The summed E-state index contributed by atoms with van der Waals surface area (Å²) in [5.74, 6) is 1.02. The molecule has 6 nitrogen and oxygen atoms in total. The predicted octanol–water partition coefficient (Wildman–Crippen LogP) is 3.78. The molecule has 1 aromatic carbocycles. The number of fused-ring (bicyclic) bond motifs is 2. The Morgan fingerprint density at radius 3 is 2.32 bits per heavy atom. The molecule has 0 fully saturated rings. The summed E-state index contributed by atoms with van der Waals surface area (Å²) in [5.41, 5.74) is 3.86. The van der Waals surface area contributed by atoms with E-state index in [1.165, 1.54) is 0 Å². The lowest BCUT2D eigenvalue weighted by molar-refractivity contribution is 0.585. The van der Waals surface area contributed by atoms with Crippen LogP contribution in [-0.4, -0.2) is 24.3 Å². The summed E-state index contributed by atoms with van der Waals surface area (Å²) in [5, 5.41) is 10.7. The Hall–Kier alpha value is -3.41. The highest BCUT2D eigenvalue weighted by Crippen LogP contribution is 2.33. The van der Waals surface area contributed by atoms with E-state index in [1.807, 2.05) is 55.3 Å². The first-order chi connectivity index (χ1) is 12.2. The van der Waals surface area contributed by atoms with Crippen LogP contribution in [0.4, 0.5) is 0 Å². The number of pyridine rings is 1. The van der Waals surface area contributed by atoms with E-state index in [2.05, 4.69) is 31.9 Å². The van der Waals surface area contributed by atoms with E-state index >= 15 is 0 Å². The van der Waals surface area contributed by atoms with Crippen molar-refractivity contribution in [2.75, 3.05) is 0 Å². The van der Waals surface area contributed by atoms with E-state index in [-0.39, 0.29) is 0 Å². The fourth-order valence-electron chi connectivity index (χ4n) is 3.34. The lowest BCUT2D eigenvalue weighted by atomic mass is 10.2.